The van der Waals surface area contributed by atoms with Gasteiger partial charge in [0.05, 0.1) is 12.7 Å². The van der Waals surface area contributed by atoms with E-state index in [0.29, 0.717) is 28.9 Å². The number of methoxy groups -OCH3 is 1. The van der Waals surface area contributed by atoms with Gasteiger partial charge in [-0.2, -0.15) is 0 Å². The maximum absolute atomic E-state index is 12.3. The third-order valence-corrected chi connectivity index (χ3v) is 4.09. The van der Waals surface area contributed by atoms with E-state index in [-0.39, 0.29) is 11.0 Å². The lowest BCUT2D eigenvalue weighted by Crippen LogP contribution is -2.34. The molecule has 0 saturated heterocycles. The lowest BCUT2D eigenvalue weighted by atomic mass is 10.1. The summed E-state index contributed by atoms with van der Waals surface area (Å²) >= 11 is 5.18. The highest BCUT2D eigenvalue weighted by Crippen LogP contribution is 2.20. The molecule has 0 heterocycles. The molecule has 0 saturated carbocycles. The average molecular weight is 399 g/mol. The summed E-state index contributed by atoms with van der Waals surface area (Å²) in [7, 11) is 1.29. The number of hydrogen-bond acceptors (Lipinski definition) is 5. The summed E-state index contributed by atoms with van der Waals surface area (Å²) in [4.78, 5) is 35.3. The van der Waals surface area contributed by atoms with Crippen molar-refractivity contribution in [3.63, 3.8) is 0 Å². The number of rotatable bonds is 5. The smallest absolute Gasteiger partial charge is 0.337 e. The molecular weight excluding hydrogens is 378 g/mol. The van der Waals surface area contributed by atoms with Crippen LogP contribution in [0.4, 0.5) is 11.4 Å². The molecule has 2 amide bonds. The molecule has 3 N–H and O–H groups in total. The fourth-order valence-corrected chi connectivity index (χ4v) is 2.50. The molecule has 0 aliphatic rings. The van der Waals surface area contributed by atoms with Gasteiger partial charge in [-0.15, -0.1) is 0 Å². The van der Waals surface area contributed by atoms with E-state index in [1.165, 1.54) is 31.4 Å². The van der Waals surface area contributed by atoms with Gasteiger partial charge in [-0.1, -0.05) is 13.0 Å². The summed E-state index contributed by atoms with van der Waals surface area (Å²) in [5.74, 6) is -0.985. The van der Waals surface area contributed by atoms with E-state index in [9.17, 15) is 14.4 Å². The van der Waals surface area contributed by atoms with Crippen LogP contribution in [0, 0.1) is 6.92 Å². The van der Waals surface area contributed by atoms with E-state index in [1.807, 2.05) is 13.0 Å². The molecule has 0 aliphatic heterocycles. The van der Waals surface area contributed by atoms with Crippen LogP contribution in [0.3, 0.4) is 0 Å². The summed E-state index contributed by atoms with van der Waals surface area (Å²) in [6.07, 6.45) is 0.375. The summed E-state index contributed by atoms with van der Waals surface area (Å²) in [5.41, 5.74) is 2.90. The fraction of sp³-hybridized carbons (Fsp3) is 0.200. The minimum Gasteiger partial charge on any atom is -0.465 e. The number of hydrogen-bond donors (Lipinski definition) is 3. The molecular formula is C20H21N3O4S. The van der Waals surface area contributed by atoms with Crippen LogP contribution in [0.25, 0.3) is 0 Å². The summed E-state index contributed by atoms with van der Waals surface area (Å²) < 4.78 is 4.62. The zero-order chi connectivity index (χ0) is 20.7. The maximum Gasteiger partial charge on any atom is 0.337 e. The van der Waals surface area contributed by atoms with Gasteiger partial charge in [-0.3, -0.25) is 14.9 Å². The first-order valence-electron chi connectivity index (χ1n) is 8.55. The van der Waals surface area contributed by atoms with Crippen molar-refractivity contribution in [2.45, 2.75) is 20.3 Å². The average Bonchev–Trinajstić information content (AvgIpc) is 2.69. The number of ether oxygens (including phenoxy) is 1. The Kier molecular flexibility index (Phi) is 7.22. The quantitative estimate of drug-likeness (QED) is 0.528. The van der Waals surface area contributed by atoms with Gasteiger partial charge in [0.25, 0.3) is 5.91 Å². The van der Waals surface area contributed by atoms with Crippen LogP contribution in [0.5, 0.6) is 0 Å². The molecule has 7 nitrogen and oxygen atoms in total. The number of amides is 2. The SMILES string of the molecule is CCC(=O)Nc1cc(NC(=S)NC(=O)c2ccc(C(=O)OC)cc2)ccc1C. The number of thiocarbonyl (C=S) groups is 1. The number of benzene rings is 2. The third kappa shape index (κ3) is 5.62. The molecule has 146 valence electrons. The van der Waals surface area contributed by atoms with Crippen LogP contribution in [0.2, 0.25) is 0 Å². The van der Waals surface area contributed by atoms with E-state index >= 15 is 0 Å². The molecule has 2 aromatic rings. The molecule has 0 aliphatic carbocycles. The predicted molar refractivity (Wildman–Crippen MR) is 112 cm³/mol. The number of carbonyl (C=O) groups is 3. The molecule has 0 unspecified atom stereocenters. The van der Waals surface area contributed by atoms with Crippen molar-refractivity contribution in [3.05, 3.63) is 59.2 Å². The molecule has 2 aromatic carbocycles. The third-order valence-electron chi connectivity index (χ3n) is 3.89. The van der Waals surface area contributed by atoms with Gasteiger partial charge in [-0.25, -0.2) is 4.79 Å². The number of esters is 1. The van der Waals surface area contributed by atoms with Gasteiger partial charge in [0.15, 0.2) is 5.11 Å². The van der Waals surface area contributed by atoms with Gasteiger partial charge in [0.2, 0.25) is 5.91 Å². The molecule has 0 fully saturated rings. The monoisotopic (exact) mass is 399 g/mol. The van der Waals surface area contributed by atoms with Crippen LogP contribution in [0.1, 0.15) is 39.6 Å². The van der Waals surface area contributed by atoms with Gasteiger partial charge in [0, 0.05) is 23.4 Å². The normalized spacial score (nSPS) is 9.96. The van der Waals surface area contributed by atoms with Gasteiger partial charge < -0.3 is 15.4 Å². The van der Waals surface area contributed by atoms with Crippen molar-refractivity contribution < 1.29 is 19.1 Å². The molecule has 0 bridgehead atoms. The Hall–Kier alpha value is -3.26. The van der Waals surface area contributed by atoms with Crippen LogP contribution >= 0.6 is 12.2 Å². The number of aryl methyl sites for hydroxylation is 1. The van der Waals surface area contributed by atoms with E-state index in [0.717, 1.165) is 5.56 Å². The van der Waals surface area contributed by atoms with Crippen LogP contribution in [-0.4, -0.2) is 30.0 Å². The first-order valence-corrected chi connectivity index (χ1v) is 8.96. The standard InChI is InChI=1S/C20H21N3O4S/c1-4-17(24)22-16-11-15(10-5-12(16)2)21-20(28)23-18(25)13-6-8-14(9-7-13)19(26)27-3/h5-11H,4H2,1-3H3,(H,22,24)(H2,21,23,25,28). The number of nitrogens with one attached hydrogen (secondary N) is 3. The van der Waals surface area contributed by atoms with Crippen molar-refractivity contribution in [3.8, 4) is 0 Å². The van der Waals surface area contributed by atoms with E-state index < -0.39 is 11.9 Å². The Bertz CT molecular complexity index is 910. The van der Waals surface area contributed by atoms with Crippen molar-refractivity contribution in [1.29, 1.82) is 0 Å². The summed E-state index contributed by atoms with van der Waals surface area (Å²) in [6, 6.07) is 11.4. The zero-order valence-corrected chi connectivity index (χ0v) is 16.6. The molecule has 2 rings (SSSR count). The molecule has 0 aromatic heterocycles. The highest BCUT2D eigenvalue weighted by atomic mass is 32.1. The molecule has 0 atom stereocenters. The first-order chi connectivity index (χ1) is 13.3. The Labute approximate surface area is 168 Å². The van der Waals surface area contributed by atoms with Crippen molar-refractivity contribution >= 4 is 46.5 Å². The van der Waals surface area contributed by atoms with Crippen LogP contribution < -0.4 is 16.0 Å². The van der Waals surface area contributed by atoms with Crippen molar-refractivity contribution in [1.82, 2.24) is 5.32 Å². The van der Waals surface area contributed by atoms with Crippen molar-refractivity contribution in [2.24, 2.45) is 0 Å². The largest absolute Gasteiger partial charge is 0.465 e. The lowest BCUT2D eigenvalue weighted by Gasteiger charge is -2.13. The topological polar surface area (TPSA) is 96.5 Å². The highest BCUT2D eigenvalue weighted by molar-refractivity contribution is 7.80. The molecule has 0 radical (unpaired) electrons. The minimum atomic E-state index is -0.477. The maximum atomic E-state index is 12.3. The van der Waals surface area contributed by atoms with Crippen molar-refractivity contribution in [2.75, 3.05) is 17.7 Å². The van der Waals surface area contributed by atoms with Crippen LogP contribution in [0.15, 0.2) is 42.5 Å². The second kappa shape index (κ2) is 9.61. The number of anilines is 2. The van der Waals surface area contributed by atoms with E-state index in [2.05, 4.69) is 20.7 Å². The highest BCUT2D eigenvalue weighted by Gasteiger charge is 2.11. The Morgan fingerprint density at radius 3 is 2.25 bits per heavy atom. The Morgan fingerprint density at radius 2 is 1.64 bits per heavy atom. The molecule has 0 spiro atoms. The summed E-state index contributed by atoms with van der Waals surface area (Å²) in [5, 5.41) is 8.41. The Balaban J connectivity index is 2.01. The number of carbonyl (C=O) groups excluding carboxylic acids is 3. The molecule has 28 heavy (non-hydrogen) atoms. The van der Waals surface area contributed by atoms with E-state index in [4.69, 9.17) is 12.2 Å². The lowest BCUT2D eigenvalue weighted by molar-refractivity contribution is -0.115. The second-order valence-corrected chi connectivity index (χ2v) is 6.32. The first kappa shape index (κ1) is 21.0. The van der Waals surface area contributed by atoms with Gasteiger partial charge in [-0.05, 0) is 61.1 Å². The second-order valence-electron chi connectivity index (χ2n) is 5.91. The zero-order valence-electron chi connectivity index (χ0n) is 15.8. The van der Waals surface area contributed by atoms with Gasteiger partial charge in [0.1, 0.15) is 0 Å². The molecule has 8 heteroatoms. The van der Waals surface area contributed by atoms with Gasteiger partial charge >= 0.3 is 5.97 Å². The van der Waals surface area contributed by atoms with Crippen LogP contribution in [-0.2, 0) is 9.53 Å². The fourth-order valence-electron chi connectivity index (χ4n) is 2.29. The van der Waals surface area contributed by atoms with E-state index in [1.54, 1.807) is 19.1 Å². The minimum absolute atomic E-state index is 0.0912. The Morgan fingerprint density at radius 1 is 1.00 bits per heavy atom. The predicted octanol–water partition coefficient (Wildman–Crippen LogP) is 3.26. The summed E-state index contributed by atoms with van der Waals surface area (Å²) in [6.45, 7) is 3.66.